The van der Waals surface area contributed by atoms with Gasteiger partial charge < -0.3 is 16.5 Å². The number of nitrogens with zero attached hydrogens (tertiary/aromatic N) is 3. The van der Waals surface area contributed by atoms with Crippen LogP contribution < -0.4 is 16.7 Å². The van der Waals surface area contributed by atoms with Crippen LogP contribution in [0.5, 0.6) is 0 Å². The Kier molecular flexibility index (Phi) is 4.76. The van der Waals surface area contributed by atoms with E-state index in [-0.39, 0.29) is 24.0 Å². The molecule has 0 aliphatic carbocycles. The van der Waals surface area contributed by atoms with Crippen molar-refractivity contribution in [3.05, 3.63) is 22.5 Å². The summed E-state index contributed by atoms with van der Waals surface area (Å²) >= 11 is 0. The molecule has 0 radical (unpaired) electrons. The molecular weight excluding hydrogens is 241 g/mol. The first-order valence-electron chi connectivity index (χ1n) is 5.55. The Bertz CT molecular complexity index is 464. The molecule has 0 bridgehead atoms. The zero-order valence-electron chi connectivity index (χ0n) is 10.2. The molecule has 18 heavy (non-hydrogen) atoms. The van der Waals surface area contributed by atoms with E-state index in [0.29, 0.717) is 0 Å². The summed E-state index contributed by atoms with van der Waals surface area (Å²) in [5, 5.41) is 3.24. The molecule has 102 valence electrons. The monoisotopic (exact) mass is 259 g/mol. The van der Waals surface area contributed by atoms with Crippen LogP contribution in [0.3, 0.4) is 0 Å². The summed E-state index contributed by atoms with van der Waals surface area (Å²) in [5.74, 6) is -0.817. The lowest BCUT2D eigenvalue weighted by Crippen LogP contribution is -2.51. The van der Waals surface area contributed by atoms with Crippen molar-refractivity contribution in [3.63, 3.8) is 0 Å². The molecule has 1 fully saturated rings. The molecule has 1 aromatic heterocycles. The van der Waals surface area contributed by atoms with Crippen molar-refractivity contribution >= 4 is 5.82 Å². The van der Waals surface area contributed by atoms with E-state index in [1.54, 1.807) is 0 Å². The number of nitrogen functional groups attached to an aromatic ring is 1. The number of rotatable bonds is 2. The van der Waals surface area contributed by atoms with Crippen LogP contribution in [0.2, 0.25) is 0 Å². The molecule has 5 N–H and O–H groups in total. The van der Waals surface area contributed by atoms with Crippen LogP contribution >= 0.6 is 0 Å². The lowest BCUT2D eigenvalue weighted by molar-refractivity contribution is 0.131. The molecule has 2 heterocycles. The maximum Gasteiger partial charge on any atom is 0.350 e. The van der Waals surface area contributed by atoms with Crippen molar-refractivity contribution in [3.8, 4) is 0 Å². The molecule has 1 saturated heterocycles. The van der Waals surface area contributed by atoms with E-state index in [2.05, 4.69) is 15.2 Å². The van der Waals surface area contributed by atoms with E-state index in [9.17, 15) is 9.18 Å². The Morgan fingerprint density at radius 1 is 1.67 bits per heavy atom. The fourth-order valence-electron chi connectivity index (χ4n) is 1.89. The number of nitrogens with one attached hydrogen (secondary N) is 1. The topological polar surface area (TPSA) is 108 Å². The highest BCUT2D eigenvalue weighted by Crippen LogP contribution is 2.08. The molecule has 8 heteroatoms. The van der Waals surface area contributed by atoms with Gasteiger partial charge in [-0.05, 0) is 6.92 Å². The lowest BCUT2D eigenvalue weighted by atomic mass is 10.2. The van der Waals surface area contributed by atoms with Gasteiger partial charge in [-0.25, -0.2) is 9.18 Å². The number of halogens is 1. The minimum atomic E-state index is -0.660. The van der Waals surface area contributed by atoms with Gasteiger partial charge in [0.2, 0.25) is 0 Å². The molecule has 0 aromatic carbocycles. The van der Waals surface area contributed by atoms with Gasteiger partial charge in [0, 0.05) is 25.7 Å². The summed E-state index contributed by atoms with van der Waals surface area (Å²) in [6, 6.07) is 0.276. The summed E-state index contributed by atoms with van der Waals surface area (Å²) in [4.78, 5) is 17.0. The molecule has 1 atom stereocenters. The summed E-state index contributed by atoms with van der Waals surface area (Å²) in [6.07, 6.45) is 0.857. The van der Waals surface area contributed by atoms with Gasteiger partial charge in [0.05, 0.1) is 12.9 Å². The third kappa shape index (κ3) is 2.84. The van der Waals surface area contributed by atoms with E-state index < -0.39 is 11.5 Å². The van der Waals surface area contributed by atoms with Gasteiger partial charge in [-0.15, -0.1) is 0 Å². The highest BCUT2D eigenvalue weighted by atomic mass is 19.1. The Balaban J connectivity index is 0.00000162. The second kappa shape index (κ2) is 5.89. The van der Waals surface area contributed by atoms with Gasteiger partial charge in [0.25, 0.3) is 0 Å². The fourth-order valence-corrected chi connectivity index (χ4v) is 1.89. The van der Waals surface area contributed by atoms with E-state index in [0.717, 1.165) is 30.4 Å². The quantitative estimate of drug-likeness (QED) is 0.664. The SMILES string of the molecule is CC1CNCCN1Cn1c(N)c(F)cnc1=O.O. The molecular formula is C10H18FN5O2. The van der Waals surface area contributed by atoms with E-state index in [1.165, 1.54) is 0 Å². The maximum absolute atomic E-state index is 13.2. The van der Waals surface area contributed by atoms with Crippen molar-refractivity contribution < 1.29 is 9.87 Å². The van der Waals surface area contributed by atoms with Gasteiger partial charge in [-0.1, -0.05) is 0 Å². The van der Waals surface area contributed by atoms with Crippen LogP contribution in [-0.4, -0.2) is 45.6 Å². The zero-order valence-corrected chi connectivity index (χ0v) is 10.2. The predicted octanol–water partition coefficient (Wildman–Crippen LogP) is -1.61. The molecule has 0 spiro atoms. The number of piperazine rings is 1. The van der Waals surface area contributed by atoms with Crippen molar-refractivity contribution in [1.29, 1.82) is 0 Å². The van der Waals surface area contributed by atoms with Gasteiger partial charge in [0.15, 0.2) is 5.82 Å². The molecule has 0 amide bonds. The van der Waals surface area contributed by atoms with Crippen LogP contribution in [0.15, 0.2) is 11.0 Å². The van der Waals surface area contributed by atoms with Crippen molar-refractivity contribution in [2.24, 2.45) is 0 Å². The third-order valence-electron chi connectivity index (χ3n) is 3.02. The number of nitrogens with two attached hydrogens (primary N) is 1. The van der Waals surface area contributed by atoms with Gasteiger partial charge in [-0.2, -0.15) is 4.98 Å². The fraction of sp³-hybridized carbons (Fsp3) is 0.600. The molecule has 1 aromatic rings. The Labute approximate surface area is 104 Å². The van der Waals surface area contributed by atoms with Crippen molar-refractivity contribution in [2.75, 3.05) is 25.4 Å². The third-order valence-corrected chi connectivity index (χ3v) is 3.02. The maximum atomic E-state index is 13.2. The summed E-state index contributed by atoms with van der Waals surface area (Å²) in [6.45, 7) is 4.81. The Morgan fingerprint density at radius 3 is 3.06 bits per heavy atom. The normalized spacial score (nSPS) is 20.4. The van der Waals surface area contributed by atoms with Crippen LogP contribution in [0.25, 0.3) is 0 Å². The lowest BCUT2D eigenvalue weighted by Gasteiger charge is -2.34. The smallest absolute Gasteiger partial charge is 0.350 e. The van der Waals surface area contributed by atoms with E-state index in [1.807, 2.05) is 6.92 Å². The van der Waals surface area contributed by atoms with E-state index in [4.69, 9.17) is 5.73 Å². The number of aromatic nitrogens is 2. The summed E-state index contributed by atoms with van der Waals surface area (Å²) in [7, 11) is 0. The average Bonchev–Trinajstić information content (AvgIpc) is 2.32. The zero-order chi connectivity index (χ0) is 12.4. The molecule has 0 saturated carbocycles. The molecule has 7 nitrogen and oxygen atoms in total. The Morgan fingerprint density at radius 2 is 2.39 bits per heavy atom. The number of hydrogen-bond acceptors (Lipinski definition) is 5. The highest BCUT2D eigenvalue weighted by molar-refractivity contribution is 5.28. The van der Waals surface area contributed by atoms with Crippen molar-refractivity contribution in [1.82, 2.24) is 19.8 Å². The summed E-state index contributed by atoms with van der Waals surface area (Å²) < 4.78 is 14.4. The van der Waals surface area contributed by atoms with Crippen molar-refractivity contribution in [2.45, 2.75) is 19.6 Å². The molecule has 1 aliphatic rings. The minimum Gasteiger partial charge on any atom is -0.412 e. The first-order chi connectivity index (χ1) is 8.09. The predicted molar refractivity (Wildman–Crippen MR) is 65.5 cm³/mol. The van der Waals surface area contributed by atoms with Gasteiger partial charge >= 0.3 is 5.69 Å². The molecule has 1 unspecified atom stereocenters. The average molecular weight is 259 g/mol. The van der Waals surface area contributed by atoms with Crippen LogP contribution in [0.4, 0.5) is 10.2 Å². The Hall–Kier alpha value is -1.51. The molecule has 1 aliphatic heterocycles. The van der Waals surface area contributed by atoms with Crippen LogP contribution in [0.1, 0.15) is 6.92 Å². The molecule has 2 rings (SSSR count). The second-order valence-electron chi connectivity index (χ2n) is 4.21. The van der Waals surface area contributed by atoms with Gasteiger partial charge in [-0.3, -0.25) is 9.47 Å². The number of hydrogen-bond donors (Lipinski definition) is 2. The highest BCUT2D eigenvalue weighted by Gasteiger charge is 2.19. The minimum absolute atomic E-state index is 0. The second-order valence-corrected chi connectivity index (χ2v) is 4.21. The van der Waals surface area contributed by atoms with E-state index >= 15 is 0 Å². The number of anilines is 1. The standard InChI is InChI=1S/C10H16FN5O.H2O/c1-7-4-13-2-3-15(7)6-16-9(12)8(11)5-14-10(16)17;/h5,7,13H,2-4,6,12H2,1H3;1H2. The van der Waals surface area contributed by atoms with Crippen LogP contribution in [-0.2, 0) is 6.67 Å². The van der Waals surface area contributed by atoms with Gasteiger partial charge in [0.1, 0.15) is 5.82 Å². The summed E-state index contributed by atoms with van der Waals surface area (Å²) in [5.41, 5.74) is 5.03. The first-order valence-corrected chi connectivity index (χ1v) is 5.55. The largest absolute Gasteiger partial charge is 0.412 e. The van der Waals surface area contributed by atoms with Crippen LogP contribution in [0, 0.1) is 5.82 Å². The first kappa shape index (κ1) is 14.6.